The highest BCUT2D eigenvalue weighted by Gasteiger charge is 2.17. The van der Waals surface area contributed by atoms with Crippen molar-refractivity contribution in [2.24, 2.45) is 5.92 Å². The zero-order chi connectivity index (χ0) is 12.3. The maximum Gasteiger partial charge on any atom is 0.134 e. The smallest absolute Gasteiger partial charge is 0.134 e. The first-order chi connectivity index (χ1) is 8.19. The van der Waals surface area contributed by atoms with E-state index in [9.17, 15) is 0 Å². The number of piperidine rings is 1. The van der Waals surface area contributed by atoms with E-state index in [1.165, 1.54) is 12.8 Å². The Kier molecular flexibility index (Phi) is 3.82. The summed E-state index contributed by atoms with van der Waals surface area (Å²) in [5.74, 6) is 3.70. The Morgan fingerprint density at radius 1 is 1.35 bits per heavy atom. The predicted octanol–water partition coefficient (Wildman–Crippen LogP) is 2.45. The third-order valence-electron chi connectivity index (χ3n) is 3.29. The highest BCUT2D eigenvalue weighted by molar-refractivity contribution is 5.49. The number of aromatic nitrogens is 2. The van der Waals surface area contributed by atoms with E-state index in [1.54, 1.807) is 0 Å². The lowest BCUT2D eigenvalue weighted by atomic mass is 9.99. The number of hydrogen-bond donors (Lipinski definition) is 1. The first-order valence-corrected chi connectivity index (χ1v) is 6.53. The van der Waals surface area contributed by atoms with E-state index in [0.717, 1.165) is 43.0 Å². The van der Waals surface area contributed by atoms with Gasteiger partial charge >= 0.3 is 0 Å². The molecular weight excluding hydrogens is 212 g/mol. The van der Waals surface area contributed by atoms with Crippen LogP contribution in [0.25, 0.3) is 0 Å². The fraction of sp³-hybridized carbons (Fsp3) is 0.692. The summed E-state index contributed by atoms with van der Waals surface area (Å²) in [7, 11) is 0. The van der Waals surface area contributed by atoms with Gasteiger partial charge in [0.2, 0.25) is 0 Å². The summed E-state index contributed by atoms with van der Waals surface area (Å²) < 4.78 is 0. The van der Waals surface area contributed by atoms with Crippen molar-refractivity contribution in [1.82, 2.24) is 9.97 Å². The van der Waals surface area contributed by atoms with Crippen LogP contribution in [0.5, 0.6) is 0 Å². The molecule has 1 aromatic rings. The van der Waals surface area contributed by atoms with Crippen LogP contribution >= 0.6 is 0 Å². The molecule has 0 spiro atoms. The van der Waals surface area contributed by atoms with Gasteiger partial charge in [0.25, 0.3) is 0 Å². The number of hydrogen-bond acceptors (Lipinski definition) is 4. The molecule has 0 bridgehead atoms. The summed E-state index contributed by atoms with van der Waals surface area (Å²) in [5.41, 5.74) is 0. The molecule has 0 saturated carbocycles. The summed E-state index contributed by atoms with van der Waals surface area (Å²) >= 11 is 0. The van der Waals surface area contributed by atoms with Crippen molar-refractivity contribution < 1.29 is 0 Å². The fourth-order valence-corrected chi connectivity index (χ4v) is 2.22. The highest BCUT2D eigenvalue weighted by Crippen LogP contribution is 2.22. The van der Waals surface area contributed by atoms with E-state index in [1.807, 2.05) is 6.92 Å². The van der Waals surface area contributed by atoms with Crippen LogP contribution in [0.3, 0.4) is 0 Å². The van der Waals surface area contributed by atoms with Crippen molar-refractivity contribution in [1.29, 1.82) is 0 Å². The fourth-order valence-electron chi connectivity index (χ4n) is 2.22. The molecule has 1 aliphatic rings. The van der Waals surface area contributed by atoms with E-state index in [4.69, 9.17) is 0 Å². The van der Waals surface area contributed by atoms with Crippen molar-refractivity contribution in [3.8, 4) is 0 Å². The van der Waals surface area contributed by atoms with Crippen LogP contribution in [-0.2, 0) is 0 Å². The zero-order valence-electron chi connectivity index (χ0n) is 11.0. The molecule has 1 saturated heterocycles. The van der Waals surface area contributed by atoms with Gasteiger partial charge < -0.3 is 10.2 Å². The molecule has 4 nitrogen and oxygen atoms in total. The van der Waals surface area contributed by atoms with Gasteiger partial charge in [-0.3, -0.25) is 0 Å². The van der Waals surface area contributed by atoms with Gasteiger partial charge in [-0.05, 0) is 32.6 Å². The lowest BCUT2D eigenvalue weighted by Crippen LogP contribution is -2.33. The summed E-state index contributed by atoms with van der Waals surface area (Å²) in [4.78, 5) is 11.3. The quantitative estimate of drug-likeness (QED) is 0.872. The SMILES string of the molecule is CCNc1cc(N2CCC(C)CC2)nc(C)n1. The highest BCUT2D eigenvalue weighted by atomic mass is 15.2. The zero-order valence-corrected chi connectivity index (χ0v) is 11.0. The molecule has 0 aromatic carbocycles. The third-order valence-corrected chi connectivity index (χ3v) is 3.29. The van der Waals surface area contributed by atoms with Crippen LogP contribution in [0.4, 0.5) is 11.6 Å². The van der Waals surface area contributed by atoms with Gasteiger partial charge in [0.1, 0.15) is 17.5 Å². The predicted molar refractivity (Wildman–Crippen MR) is 71.5 cm³/mol. The lowest BCUT2D eigenvalue weighted by Gasteiger charge is -2.31. The standard InChI is InChI=1S/C13H22N4/c1-4-14-12-9-13(16-11(3)15-12)17-7-5-10(2)6-8-17/h9-10H,4-8H2,1-3H3,(H,14,15,16). The topological polar surface area (TPSA) is 41.0 Å². The normalized spacial score (nSPS) is 17.2. The summed E-state index contributed by atoms with van der Waals surface area (Å²) in [6, 6.07) is 2.06. The Bertz CT molecular complexity index is 370. The Morgan fingerprint density at radius 2 is 2.06 bits per heavy atom. The second kappa shape index (κ2) is 5.34. The molecule has 0 atom stereocenters. The molecule has 4 heteroatoms. The van der Waals surface area contributed by atoms with Crippen LogP contribution in [0.2, 0.25) is 0 Å². The summed E-state index contributed by atoms with van der Waals surface area (Å²) in [6.45, 7) is 9.49. The van der Waals surface area contributed by atoms with Gasteiger partial charge in [-0.1, -0.05) is 6.92 Å². The first kappa shape index (κ1) is 12.1. The van der Waals surface area contributed by atoms with Gasteiger partial charge in [0.15, 0.2) is 0 Å². The van der Waals surface area contributed by atoms with Gasteiger partial charge in [0.05, 0.1) is 0 Å². The monoisotopic (exact) mass is 234 g/mol. The third kappa shape index (κ3) is 3.08. The van der Waals surface area contributed by atoms with Crippen molar-refractivity contribution in [3.05, 3.63) is 11.9 Å². The van der Waals surface area contributed by atoms with E-state index < -0.39 is 0 Å². The average molecular weight is 234 g/mol. The number of nitrogens with one attached hydrogen (secondary N) is 1. The molecule has 0 radical (unpaired) electrons. The molecule has 1 aromatic heterocycles. The number of anilines is 2. The minimum Gasteiger partial charge on any atom is -0.370 e. The van der Waals surface area contributed by atoms with Crippen LogP contribution in [0.15, 0.2) is 6.07 Å². The maximum atomic E-state index is 4.54. The minimum absolute atomic E-state index is 0.845. The Hall–Kier alpha value is -1.32. The number of rotatable bonds is 3. The van der Waals surface area contributed by atoms with Crippen LogP contribution in [0.1, 0.15) is 32.5 Å². The Labute approximate surface area is 103 Å². The summed E-state index contributed by atoms with van der Waals surface area (Å²) in [5, 5.41) is 3.26. The lowest BCUT2D eigenvalue weighted by molar-refractivity contribution is 0.436. The van der Waals surface area contributed by atoms with E-state index in [0.29, 0.717) is 0 Å². The van der Waals surface area contributed by atoms with Gasteiger partial charge in [-0.25, -0.2) is 9.97 Å². The Balaban J connectivity index is 2.14. The molecule has 0 amide bonds. The van der Waals surface area contributed by atoms with Crippen LogP contribution in [0, 0.1) is 12.8 Å². The maximum absolute atomic E-state index is 4.54. The van der Waals surface area contributed by atoms with Crippen molar-refractivity contribution >= 4 is 11.6 Å². The van der Waals surface area contributed by atoms with Gasteiger partial charge in [-0.2, -0.15) is 0 Å². The number of aryl methyl sites for hydroxylation is 1. The first-order valence-electron chi connectivity index (χ1n) is 6.53. The molecule has 94 valence electrons. The second-order valence-electron chi connectivity index (χ2n) is 4.86. The molecule has 2 heterocycles. The van der Waals surface area contributed by atoms with Gasteiger partial charge in [0, 0.05) is 25.7 Å². The van der Waals surface area contributed by atoms with Crippen molar-refractivity contribution in [2.45, 2.75) is 33.6 Å². The second-order valence-corrected chi connectivity index (χ2v) is 4.86. The molecular formula is C13H22N4. The van der Waals surface area contributed by atoms with Crippen molar-refractivity contribution in [3.63, 3.8) is 0 Å². The number of nitrogens with zero attached hydrogens (tertiary/aromatic N) is 3. The van der Waals surface area contributed by atoms with E-state index in [2.05, 4.69) is 40.1 Å². The molecule has 2 rings (SSSR count). The largest absolute Gasteiger partial charge is 0.370 e. The minimum atomic E-state index is 0.845. The van der Waals surface area contributed by atoms with E-state index in [-0.39, 0.29) is 0 Å². The average Bonchev–Trinajstić information content (AvgIpc) is 2.29. The molecule has 0 aliphatic carbocycles. The summed E-state index contributed by atoms with van der Waals surface area (Å²) in [6.07, 6.45) is 2.53. The van der Waals surface area contributed by atoms with Crippen molar-refractivity contribution in [2.75, 3.05) is 29.9 Å². The molecule has 1 fully saturated rings. The molecule has 17 heavy (non-hydrogen) atoms. The molecule has 1 N–H and O–H groups in total. The van der Waals surface area contributed by atoms with Crippen LogP contribution < -0.4 is 10.2 Å². The van der Waals surface area contributed by atoms with Gasteiger partial charge in [-0.15, -0.1) is 0 Å². The molecule has 0 unspecified atom stereocenters. The van der Waals surface area contributed by atoms with E-state index >= 15 is 0 Å². The Morgan fingerprint density at radius 3 is 2.71 bits per heavy atom. The van der Waals surface area contributed by atoms with Crippen LogP contribution in [-0.4, -0.2) is 29.6 Å². The molecule has 1 aliphatic heterocycles.